The number of fused-ring (bicyclic) bond motifs is 1. The second-order valence-electron chi connectivity index (χ2n) is 6.13. The molecule has 7 heteroatoms. The van der Waals surface area contributed by atoms with Crippen molar-refractivity contribution in [3.63, 3.8) is 0 Å². The van der Waals surface area contributed by atoms with Crippen molar-refractivity contribution in [2.24, 2.45) is 0 Å². The van der Waals surface area contributed by atoms with Crippen molar-refractivity contribution in [1.29, 1.82) is 0 Å². The van der Waals surface area contributed by atoms with Crippen LogP contribution in [0.4, 0.5) is 5.82 Å². The van der Waals surface area contributed by atoms with E-state index in [1.54, 1.807) is 4.52 Å². The highest BCUT2D eigenvalue weighted by molar-refractivity contribution is 5.86. The predicted octanol–water partition coefficient (Wildman–Crippen LogP) is 1.90. The number of carbonyl (C=O) groups is 1. The van der Waals surface area contributed by atoms with Gasteiger partial charge in [0.25, 0.3) is 5.78 Å². The van der Waals surface area contributed by atoms with Crippen molar-refractivity contribution in [1.82, 2.24) is 24.9 Å². The van der Waals surface area contributed by atoms with Crippen LogP contribution < -0.4 is 10.2 Å². The molecule has 3 aromatic rings. The van der Waals surface area contributed by atoms with Gasteiger partial charge in [-0.25, -0.2) is 4.98 Å². The Balaban J connectivity index is 1.85. The molecule has 1 saturated heterocycles. The molecule has 0 bridgehead atoms. The molecule has 1 aliphatic heterocycles. The number of carbonyl (C=O) groups excluding carboxylic acids is 1. The first-order valence-electron chi connectivity index (χ1n) is 8.58. The van der Waals surface area contributed by atoms with E-state index in [1.807, 2.05) is 36.4 Å². The van der Waals surface area contributed by atoms with Gasteiger partial charge >= 0.3 is 0 Å². The first-order valence-corrected chi connectivity index (χ1v) is 8.58. The van der Waals surface area contributed by atoms with Crippen LogP contribution in [0.5, 0.6) is 0 Å². The van der Waals surface area contributed by atoms with Gasteiger partial charge in [0.15, 0.2) is 0 Å². The van der Waals surface area contributed by atoms with Gasteiger partial charge in [0.05, 0.1) is 5.69 Å². The summed E-state index contributed by atoms with van der Waals surface area (Å²) in [5.74, 6) is 1.46. The smallest absolute Gasteiger partial charge is 0.254 e. The Kier molecular flexibility index (Phi) is 4.05. The number of hydrogen-bond donors (Lipinski definition) is 1. The molecule has 1 unspecified atom stereocenters. The lowest BCUT2D eigenvalue weighted by molar-refractivity contribution is -0.123. The molecular weight excluding hydrogens is 316 g/mol. The zero-order valence-corrected chi connectivity index (χ0v) is 14.1. The van der Waals surface area contributed by atoms with E-state index in [-0.39, 0.29) is 11.9 Å². The summed E-state index contributed by atoms with van der Waals surface area (Å²) in [6.45, 7) is 3.45. The van der Waals surface area contributed by atoms with Gasteiger partial charge in [-0.05, 0) is 6.42 Å². The Bertz CT molecular complexity index is 891. The van der Waals surface area contributed by atoms with E-state index in [2.05, 4.69) is 32.2 Å². The molecule has 0 saturated carbocycles. The molecule has 1 fully saturated rings. The SMILES string of the molecule is CCCC1C(=O)NCCN1c1cc(-c2ccccc2)nc2ncnn12. The number of rotatable bonds is 4. The quantitative estimate of drug-likeness (QED) is 0.787. The molecule has 2 aromatic heterocycles. The van der Waals surface area contributed by atoms with Crippen molar-refractivity contribution in [3.8, 4) is 11.3 Å². The van der Waals surface area contributed by atoms with Crippen LogP contribution in [0, 0.1) is 0 Å². The van der Waals surface area contributed by atoms with Gasteiger partial charge in [0, 0.05) is 24.7 Å². The van der Waals surface area contributed by atoms with Crippen LogP contribution in [-0.2, 0) is 4.79 Å². The minimum atomic E-state index is -0.197. The molecule has 25 heavy (non-hydrogen) atoms. The Hall–Kier alpha value is -2.96. The fraction of sp³-hybridized carbons (Fsp3) is 0.333. The zero-order chi connectivity index (χ0) is 17.2. The summed E-state index contributed by atoms with van der Waals surface area (Å²) < 4.78 is 1.72. The lowest BCUT2D eigenvalue weighted by Gasteiger charge is -2.36. The number of piperazine rings is 1. The minimum absolute atomic E-state index is 0.0689. The van der Waals surface area contributed by atoms with Gasteiger partial charge in [-0.1, -0.05) is 43.7 Å². The van der Waals surface area contributed by atoms with E-state index >= 15 is 0 Å². The van der Waals surface area contributed by atoms with E-state index in [1.165, 1.54) is 6.33 Å². The van der Waals surface area contributed by atoms with Crippen molar-refractivity contribution >= 4 is 17.5 Å². The topological polar surface area (TPSA) is 75.4 Å². The second-order valence-corrected chi connectivity index (χ2v) is 6.13. The van der Waals surface area contributed by atoms with Crippen LogP contribution in [0.2, 0.25) is 0 Å². The fourth-order valence-corrected chi connectivity index (χ4v) is 3.31. The molecule has 0 radical (unpaired) electrons. The Labute approximate surface area is 145 Å². The fourth-order valence-electron chi connectivity index (χ4n) is 3.31. The second kappa shape index (κ2) is 6.51. The average molecular weight is 336 g/mol. The maximum atomic E-state index is 12.4. The summed E-state index contributed by atoms with van der Waals surface area (Å²) in [4.78, 5) is 23.4. The summed E-state index contributed by atoms with van der Waals surface area (Å²) in [6.07, 6.45) is 3.23. The third-order valence-corrected chi connectivity index (χ3v) is 4.49. The summed E-state index contributed by atoms with van der Waals surface area (Å²) in [6, 6.07) is 11.8. The van der Waals surface area contributed by atoms with Gasteiger partial charge in [-0.3, -0.25) is 4.79 Å². The summed E-state index contributed by atoms with van der Waals surface area (Å²) in [7, 11) is 0. The molecule has 4 rings (SSSR count). The van der Waals surface area contributed by atoms with Crippen molar-refractivity contribution in [2.75, 3.05) is 18.0 Å². The highest BCUT2D eigenvalue weighted by Crippen LogP contribution is 2.26. The van der Waals surface area contributed by atoms with Crippen LogP contribution in [0.3, 0.4) is 0 Å². The zero-order valence-electron chi connectivity index (χ0n) is 14.1. The molecular formula is C18H20N6O. The third-order valence-electron chi connectivity index (χ3n) is 4.49. The maximum absolute atomic E-state index is 12.4. The van der Waals surface area contributed by atoms with Gasteiger partial charge in [-0.15, -0.1) is 0 Å². The standard InChI is InChI=1S/C18H20N6O/c1-2-6-15-17(25)19-9-10-23(15)16-11-14(13-7-4-3-5-8-13)22-18-20-12-21-24(16)18/h3-5,7-8,11-12,15H,2,6,9-10H2,1H3,(H,19,25). The van der Waals surface area contributed by atoms with Gasteiger partial charge in [-0.2, -0.15) is 14.6 Å². The van der Waals surface area contributed by atoms with E-state index < -0.39 is 0 Å². The molecule has 1 amide bonds. The van der Waals surface area contributed by atoms with Crippen molar-refractivity contribution in [2.45, 2.75) is 25.8 Å². The van der Waals surface area contributed by atoms with Gasteiger partial charge in [0.1, 0.15) is 18.2 Å². The van der Waals surface area contributed by atoms with E-state index in [0.29, 0.717) is 12.3 Å². The van der Waals surface area contributed by atoms with E-state index in [9.17, 15) is 4.79 Å². The van der Waals surface area contributed by atoms with Gasteiger partial charge in [0.2, 0.25) is 5.91 Å². The number of aromatic nitrogens is 4. The highest BCUT2D eigenvalue weighted by atomic mass is 16.2. The van der Waals surface area contributed by atoms with Crippen LogP contribution in [0.15, 0.2) is 42.7 Å². The predicted molar refractivity (Wildman–Crippen MR) is 95.3 cm³/mol. The van der Waals surface area contributed by atoms with Crippen molar-refractivity contribution < 1.29 is 4.79 Å². The number of nitrogens with one attached hydrogen (secondary N) is 1. The van der Waals surface area contributed by atoms with Crippen LogP contribution in [-0.4, -0.2) is 44.6 Å². The number of benzene rings is 1. The normalized spacial score (nSPS) is 17.7. The molecule has 1 atom stereocenters. The number of nitrogens with zero attached hydrogens (tertiary/aromatic N) is 5. The van der Waals surface area contributed by atoms with Crippen LogP contribution >= 0.6 is 0 Å². The molecule has 128 valence electrons. The third kappa shape index (κ3) is 2.82. The first kappa shape index (κ1) is 15.6. The number of amides is 1. The van der Waals surface area contributed by atoms with Crippen molar-refractivity contribution in [3.05, 3.63) is 42.7 Å². The molecule has 7 nitrogen and oxygen atoms in total. The average Bonchev–Trinajstić information content (AvgIpc) is 3.12. The van der Waals surface area contributed by atoms with Crippen LogP contribution in [0.25, 0.3) is 17.0 Å². The highest BCUT2D eigenvalue weighted by Gasteiger charge is 2.31. The van der Waals surface area contributed by atoms with E-state index in [4.69, 9.17) is 0 Å². The molecule has 1 aliphatic rings. The molecule has 3 heterocycles. The Morgan fingerprint density at radius 2 is 2.12 bits per heavy atom. The lowest BCUT2D eigenvalue weighted by atomic mass is 10.1. The Morgan fingerprint density at radius 3 is 2.92 bits per heavy atom. The summed E-state index contributed by atoms with van der Waals surface area (Å²) >= 11 is 0. The monoisotopic (exact) mass is 336 g/mol. The summed E-state index contributed by atoms with van der Waals surface area (Å²) in [5, 5.41) is 7.28. The largest absolute Gasteiger partial charge is 0.353 e. The summed E-state index contributed by atoms with van der Waals surface area (Å²) in [5.41, 5.74) is 1.85. The molecule has 0 aliphatic carbocycles. The minimum Gasteiger partial charge on any atom is -0.353 e. The first-order chi connectivity index (χ1) is 12.3. The lowest BCUT2D eigenvalue weighted by Crippen LogP contribution is -2.55. The number of hydrogen-bond acceptors (Lipinski definition) is 5. The maximum Gasteiger partial charge on any atom is 0.254 e. The number of anilines is 1. The van der Waals surface area contributed by atoms with Crippen LogP contribution in [0.1, 0.15) is 19.8 Å². The molecule has 0 spiro atoms. The molecule has 1 aromatic carbocycles. The van der Waals surface area contributed by atoms with E-state index in [0.717, 1.165) is 36.5 Å². The molecule has 1 N–H and O–H groups in total. The van der Waals surface area contributed by atoms with Gasteiger partial charge < -0.3 is 10.2 Å². The Morgan fingerprint density at radius 1 is 1.28 bits per heavy atom.